The Kier molecular flexibility index (Phi) is 4.97. The van der Waals surface area contributed by atoms with Crippen molar-refractivity contribution in [2.24, 2.45) is 5.41 Å². The van der Waals surface area contributed by atoms with Crippen molar-refractivity contribution in [1.29, 1.82) is 0 Å². The summed E-state index contributed by atoms with van der Waals surface area (Å²) in [6, 6.07) is 9.77. The largest absolute Gasteiger partial charge is 0.343 e. The van der Waals surface area contributed by atoms with Crippen LogP contribution in [0.25, 0.3) is 11.4 Å². The Morgan fingerprint density at radius 1 is 1.08 bits per heavy atom. The molecule has 138 valence electrons. The van der Waals surface area contributed by atoms with Gasteiger partial charge in [0.15, 0.2) is 0 Å². The van der Waals surface area contributed by atoms with Gasteiger partial charge in [0.25, 0.3) is 0 Å². The molecule has 1 aromatic carbocycles. The molecule has 0 atom stereocenters. The topological polar surface area (TPSA) is 75.9 Å². The highest BCUT2D eigenvalue weighted by Gasteiger charge is 2.36. The number of carbonyl (C=O) groups excluding carboxylic acids is 1. The molecule has 2 aromatic rings. The smallest absolute Gasteiger partial charge is 0.224 e. The number of aryl methyl sites for hydroxylation is 1. The summed E-state index contributed by atoms with van der Waals surface area (Å²) in [5, 5.41) is 16.0. The minimum absolute atomic E-state index is 0.201. The second kappa shape index (κ2) is 7.53. The summed E-state index contributed by atoms with van der Waals surface area (Å²) >= 11 is 0. The third-order valence-corrected chi connectivity index (χ3v) is 5.85. The van der Waals surface area contributed by atoms with E-state index in [0.717, 1.165) is 44.6 Å². The number of likely N-dealkylation sites (tertiary alicyclic amines) is 1. The first kappa shape index (κ1) is 17.1. The van der Waals surface area contributed by atoms with Gasteiger partial charge in [-0.15, -0.1) is 10.2 Å². The third-order valence-electron chi connectivity index (χ3n) is 5.85. The number of hydrogen-bond acceptors (Lipinski definition) is 5. The van der Waals surface area contributed by atoms with Crippen molar-refractivity contribution in [1.82, 2.24) is 30.4 Å². The molecule has 26 heavy (non-hydrogen) atoms. The molecule has 2 saturated heterocycles. The molecule has 3 heterocycles. The van der Waals surface area contributed by atoms with E-state index in [1.54, 1.807) is 0 Å². The van der Waals surface area contributed by atoms with Gasteiger partial charge in [-0.3, -0.25) is 4.79 Å². The van der Waals surface area contributed by atoms with E-state index in [1.807, 2.05) is 35.2 Å². The van der Waals surface area contributed by atoms with E-state index in [0.29, 0.717) is 24.2 Å². The zero-order valence-electron chi connectivity index (χ0n) is 15.1. The number of tetrazole rings is 1. The Morgan fingerprint density at radius 3 is 2.54 bits per heavy atom. The van der Waals surface area contributed by atoms with Crippen LogP contribution in [-0.4, -0.2) is 57.2 Å². The quantitative estimate of drug-likeness (QED) is 0.905. The Morgan fingerprint density at radius 2 is 1.81 bits per heavy atom. The highest BCUT2D eigenvalue weighted by atomic mass is 16.2. The Labute approximate surface area is 153 Å². The maximum atomic E-state index is 12.5. The maximum absolute atomic E-state index is 12.5. The minimum atomic E-state index is 0.201. The van der Waals surface area contributed by atoms with Crippen molar-refractivity contribution in [3.05, 3.63) is 30.3 Å². The van der Waals surface area contributed by atoms with Crippen molar-refractivity contribution in [3.8, 4) is 11.4 Å². The van der Waals surface area contributed by atoms with Crippen molar-refractivity contribution >= 4 is 5.91 Å². The molecular formula is C19H26N6O. The van der Waals surface area contributed by atoms with E-state index >= 15 is 0 Å². The third kappa shape index (κ3) is 3.77. The lowest BCUT2D eigenvalue weighted by Gasteiger charge is -2.44. The van der Waals surface area contributed by atoms with Gasteiger partial charge in [-0.05, 0) is 49.4 Å². The molecule has 7 nitrogen and oxygen atoms in total. The summed E-state index contributed by atoms with van der Waals surface area (Å²) in [6.07, 6.45) is 5.21. The van der Waals surface area contributed by atoms with Crippen LogP contribution in [0.2, 0.25) is 0 Å². The molecule has 2 aliphatic rings. The highest BCUT2D eigenvalue weighted by Crippen LogP contribution is 2.39. The lowest BCUT2D eigenvalue weighted by atomic mass is 9.71. The Hall–Kier alpha value is -2.28. The molecule has 0 bridgehead atoms. The number of carbonyl (C=O) groups is 1. The molecule has 7 heteroatoms. The molecule has 4 rings (SSSR count). The fourth-order valence-electron chi connectivity index (χ4n) is 4.08. The number of benzene rings is 1. The SMILES string of the molecule is O=C(CCn1nnc(-c2ccccc2)n1)N1CCC2(CCNCC2)CC1. The number of piperidine rings is 2. The summed E-state index contributed by atoms with van der Waals surface area (Å²) in [4.78, 5) is 16.1. The monoisotopic (exact) mass is 354 g/mol. The fourth-order valence-corrected chi connectivity index (χ4v) is 4.08. The van der Waals surface area contributed by atoms with Crippen LogP contribution in [0.1, 0.15) is 32.1 Å². The van der Waals surface area contributed by atoms with E-state index in [-0.39, 0.29) is 5.91 Å². The van der Waals surface area contributed by atoms with Gasteiger partial charge in [0, 0.05) is 25.1 Å². The molecule has 2 aliphatic heterocycles. The van der Waals surface area contributed by atoms with Gasteiger partial charge in [0.1, 0.15) is 0 Å². The summed E-state index contributed by atoms with van der Waals surface area (Å²) in [5.74, 6) is 0.802. The number of aromatic nitrogens is 4. The first-order chi connectivity index (χ1) is 12.7. The fraction of sp³-hybridized carbons (Fsp3) is 0.579. The Bertz CT molecular complexity index is 727. The van der Waals surface area contributed by atoms with Crippen LogP contribution < -0.4 is 5.32 Å². The summed E-state index contributed by atoms with van der Waals surface area (Å²) in [7, 11) is 0. The second-order valence-electron chi connectivity index (χ2n) is 7.46. The zero-order valence-corrected chi connectivity index (χ0v) is 15.1. The summed E-state index contributed by atoms with van der Waals surface area (Å²) in [6.45, 7) is 4.49. The maximum Gasteiger partial charge on any atom is 0.224 e. The predicted molar refractivity (Wildman–Crippen MR) is 98.2 cm³/mol. The summed E-state index contributed by atoms with van der Waals surface area (Å²) < 4.78 is 0. The minimum Gasteiger partial charge on any atom is -0.343 e. The van der Waals surface area contributed by atoms with E-state index in [4.69, 9.17) is 0 Å². The van der Waals surface area contributed by atoms with E-state index in [2.05, 4.69) is 20.7 Å². The number of hydrogen-bond donors (Lipinski definition) is 1. The van der Waals surface area contributed by atoms with E-state index in [1.165, 1.54) is 17.6 Å². The van der Waals surface area contributed by atoms with Crippen molar-refractivity contribution < 1.29 is 4.79 Å². The molecule has 0 saturated carbocycles. The molecule has 1 aromatic heterocycles. The number of rotatable bonds is 4. The van der Waals surface area contributed by atoms with Crippen LogP contribution in [0, 0.1) is 5.41 Å². The van der Waals surface area contributed by atoms with Crippen molar-refractivity contribution in [3.63, 3.8) is 0 Å². The molecule has 0 unspecified atom stereocenters. The van der Waals surface area contributed by atoms with Gasteiger partial charge >= 0.3 is 0 Å². The molecule has 1 spiro atoms. The normalized spacial score (nSPS) is 19.6. The summed E-state index contributed by atoms with van der Waals surface area (Å²) in [5.41, 5.74) is 1.41. The molecule has 1 amide bonds. The van der Waals surface area contributed by atoms with Gasteiger partial charge < -0.3 is 10.2 Å². The number of nitrogens with one attached hydrogen (secondary N) is 1. The Balaban J connectivity index is 1.28. The van der Waals surface area contributed by atoms with Crippen molar-refractivity contribution in [2.45, 2.75) is 38.6 Å². The van der Waals surface area contributed by atoms with Crippen LogP contribution >= 0.6 is 0 Å². The first-order valence-corrected chi connectivity index (χ1v) is 9.56. The standard InChI is InChI=1S/C19H26N6O/c26-17(24-14-9-19(10-15-24)7-11-20-12-8-19)6-13-25-22-18(21-23-25)16-4-2-1-3-5-16/h1-5,20H,6-15H2. The van der Waals surface area contributed by atoms with Crippen LogP contribution in [0.5, 0.6) is 0 Å². The lowest BCUT2D eigenvalue weighted by Crippen LogP contribution is -2.47. The lowest BCUT2D eigenvalue weighted by molar-refractivity contribution is -0.134. The molecular weight excluding hydrogens is 328 g/mol. The first-order valence-electron chi connectivity index (χ1n) is 9.56. The number of amides is 1. The van der Waals surface area contributed by atoms with Gasteiger partial charge in [0.2, 0.25) is 11.7 Å². The zero-order chi connectivity index (χ0) is 17.8. The second-order valence-corrected chi connectivity index (χ2v) is 7.46. The average molecular weight is 354 g/mol. The van der Waals surface area contributed by atoms with Crippen LogP contribution in [-0.2, 0) is 11.3 Å². The van der Waals surface area contributed by atoms with Crippen LogP contribution in [0.15, 0.2) is 30.3 Å². The van der Waals surface area contributed by atoms with Crippen LogP contribution in [0.3, 0.4) is 0 Å². The van der Waals surface area contributed by atoms with Crippen molar-refractivity contribution in [2.75, 3.05) is 26.2 Å². The molecule has 2 fully saturated rings. The highest BCUT2D eigenvalue weighted by molar-refractivity contribution is 5.76. The average Bonchev–Trinajstić information content (AvgIpc) is 3.17. The molecule has 1 N–H and O–H groups in total. The predicted octanol–water partition coefficient (Wildman–Crippen LogP) is 1.72. The molecule has 0 aliphatic carbocycles. The van der Waals surface area contributed by atoms with Gasteiger partial charge in [-0.25, -0.2) is 0 Å². The molecule has 0 radical (unpaired) electrons. The van der Waals surface area contributed by atoms with Gasteiger partial charge in [-0.2, -0.15) is 4.80 Å². The number of nitrogens with zero attached hydrogens (tertiary/aromatic N) is 5. The van der Waals surface area contributed by atoms with Gasteiger partial charge in [0.05, 0.1) is 6.54 Å². The van der Waals surface area contributed by atoms with E-state index in [9.17, 15) is 4.79 Å². The van der Waals surface area contributed by atoms with Gasteiger partial charge in [-0.1, -0.05) is 30.3 Å². The van der Waals surface area contributed by atoms with E-state index < -0.39 is 0 Å². The van der Waals surface area contributed by atoms with Crippen LogP contribution in [0.4, 0.5) is 0 Å².